The molecule has 1 amide bonds. The molecule has 4 heterocycles. The van der Waals surface area contributed by atoms with Gasteiger partial charge in [0.25, 0.3) is 5.91 Å². The number of ether oxygens (including phenoxy) is 1. The second-order valence-electron chi connectivity index (χ2n) is 7.30. The van der Waals surface area contributed by atoms with Crippen molar-refractivity contribution in [2.75, 3.05) is 13.2 Å². The van der Waals surface area contributed by atoms with Gasteiger partial charge in [0, 0.05) is 6.54 Å². The molecular weight excluding hydrogens is 439 g/mol. The zero-order chi connectivity index (χ0) is 22.6. The summed E-state index contributed by atoms with van der Waals surface area (Å²) < 4.78 is 74.3. The molecule has 8 nitrogen and oxygen atoms in total. The first-order chi connectivity index (χ1) is 15.3. The van der Waals surface area contributed by atoms with Crippen molar-refractivity contribution in [3.05, 3.63) is 59.2 Å². The van der Waals surface area contributed by atoms with E-state index in [1.54, 1.807) is 4.57 Å². The maximum absolute atomic E-state index is 14.6. The third-order valence-corrected chi connectivity index (χ3v) is 5.38. The molecule has 0 radical (unpaired) electrons. The Morgan fingerprint density at radius 3 is 2.56 bits per heavy atom. The average molecular weight is 452 g/mol. The van der Waals surface area contributed by atoms with E-state index in [4.69, 9.17) is 4.74 Å². The topological polar surface area (TPSA) is 86.0 Å². The summed E-state index contributed by atoms with van der Waals surface area (Å²) in [7, 11) is 0. The van der Waals surface area contributed by atoms with Crippen molar-refractivity contribution in [3.63, 3.8) is 0 Å². The van der Waals surface area contributed by atoms with E-state index in [0.717, 1.165) is 24.5 Å². The van der Waals surface area contributed by atoms with E-state index in [9.17, 15) is 26.7 Å². The van der Waals surface area contributed by atoms with Crippen molar-refractivity contribution >= 4 is 5.91 Å². The van der Waals surface area contributed by atoms with E-state index in [-0.39, 0.29) is 37.2 Å². The van der Waals surface area contributed by atoms with Gasteiger partial charge in [-0.1, -0.05) is 6.07 Å². The molecule has 0 aliphatic carbocycles. The highest BCUT2D eigenvalue weighted by molar-refractivity contribution is 5.95. The molecule has 2 bridgehead atoms. The summed E-state index contributed by atoms with van der Waals surface area (Å²) >= 11 is 0. The molecular formula is C19H13F5N6O2. The molecule has 5 rings (SSSR count). The summed E-state index contributed by atoms with van der Waals surface area (Å²) in [6.07, 6.45) is -2.99. The molecule has 2 unspecified atom stereocenters. The van der Waals surface area contributed by atoms with Crippen LogP contribution in [0.1, 0.15) is 27.8 Å². The van der Waals surface area contributed by atoms with Gasteiger partial charge in [0.1, 0.15) is 11.9 Å². The van der Waals surface area contributed by atoms with Crippen molar-refractivity contribution in [1.82, 2.24) is 29.6 Å². The number of rotatable bonds is 2. The van der Waals surface area contributed by atoms with Crippen LogP contribution in [0.25, 0.3) is 11.6 Å². The maximum atomic E-state index is 14.6. The Bertz CT molecular complexity index is 1200. The van der Waals surface area contributed by atoms with Gasteiger partial charge in [0.2, 0.25) is 5.82 Å². The number of hydrogen-bond acceptors (Lipinski definition) is 6. The third-order valence-electron chi connectivity index (χ3n) is 5.38. The lowest BCUT2D eigenvalue weighted by Gasteiger charge is -2.45. The van der Waals surface area contributed by atoms with Crippen LogP contribution in [0.5, 0.6) is 0 Å². The smallest absolute Gasteiger partial charge is 0.377 e. The van der Waals surface area contributed by atoms with E-state index in [1.807, 2.05) is 0 Å². The number of amides is 1. The van der Waals surface area contributed by atoms with Crippen molar-refractivity contribution in [2.24, 2.45) is 0 Å². The molecule has 1 aromatic carbocycles. The Hall–Kier alpha value is -3.48. The van der Waals surface area contributed by atoms with E-state index < -0.39 is 46.9 Å². The summed E-state index contributed by atoms with van der Waals surface area (Å²) in [6.45, 7) is 0.177. The van der Waals surface area contributed by atoms with E-state index in [2.05, 4.69) is 20.2 Å². The minimum atomic E-state index is -4.94. The molecule has 2 aliphatic heterocycles. The van der Waals surface area contributed by atoms with Gasteiger partial charge >= 0.3 is 6.18 Å². The van der Waals surface area contributed by atoms with Gasteiger partial charge in [-0.05, 0) is 12.1 Å². The standard InChI is InChI=1S/C19H13F5N6O2/c20-9-4-25-15(26-5-9)17-28-27-16-13-8-32-7-10(6-29(16)17)30(13)18(31)11-2-1-3-12(14(11)21)19(22,23)24/h1-5,10,13H,6-8H2. The van der Waals surface area contributed by atoms with Gasteiger partial charge in [-0.3, -0.25) is 4.79 Å². The lowest BCUT2D eigenvalue weighted by atomic mass is 10.0. The number of benzene rings is 1. The minimum absolute atomic E-state index is 0.00870. The summed E-state index contributed by atoms with van der Waals surface area (Å²) in [5, 5.41) is 8.11. The Labute approximate surface area is 176 Å². The van der Waals surface area contributed by atoms with Crippen LogP contribution in [-0.4, -0.2) is 54.8 Å². The first-order valence-electron chi connectivity index (χ1n) is 9.43. The van der Waals surface area contributed by atoms with Crippen LogP contribution in [0, 0.1) is 11.6 Å². The minimum Gasteiger partial charge on any atom is -0.377 e. The van der Waals surface area contributed by atoms with Crippen molar-refractivity contribution in [2.45, 2.75) is 24.8 Å². The van der Waals surface area contributed by atoms with Crippen LogP contribution >= 0.6 is 0 Å². The number of carbonyl (C=O) groups is 1. The lowest BCUT2D eigenvalue weighted by molar-refractivity contribution is -0.140. The number of nitrogens with zero attached hydrogens (tertiary/aromatic N) is 6. The Kier molecular flexibility index (Phi) is 4.65. The van der Waals surface area contributed by atoms with Crippen LogP contribution in [0.2, 0.25) is 0 Å². The SMILES string of the molecule is O=C(c1cccc(C(F)(F)F)c1F)N1C2COCC1c1nnc(-c3ncc(F)cn3)n1C2. The molecule has 1 saturated heterocycles. The summed E-state index contributed by atoms with van der Waals surface area (Å²) in [5.74, 6) is -2.51. The maximum Gasteiger partial charge on any atom is 0.419 e. The van der Waals surface area contributed by atoms with E-state index in [0.29, 0.717) is 6.07 Å². The van der Waals surface area contributed by atoms with Gasteiger partial charge in [-0.25, -0.2) is 18.7 Å². The molecule has 0 N–H and O–H groups in total. The van der Waals surface area contributed by atoms with Crippen molar-refractivity contribution in [1.29, 1.82) is 0 Å². The number of morpholine rings is 1. The van der Waals surface area contributed by atoms with Crippen molar-refractivity contribution in [3.8, 4) is 11.6 Å². The average Bonchev–Trinajstić information content (AvgIpc) is 3.16. The van der Waals surface area contributed by atoms with Gasteiger partial charge in [-0.2, -0.15) is 13.2 Å². The van der Waals surface area contributed by atoms with Crippen molar-refractivity contribution < 1.29 is 31.5 Å². The number of alkyl halides is 3. The van der Waals surface area contributed by atoms with Gasteiger partial charge in [0.15, 0.2) is 17.5 Å². The summed E-state index contributed by atoms with van der Waals surface area (Å²) in [4.78, 5) is 22.2. The first-order valence-corrected chi connectivity index (χ1v) is 9.43. The molecule has 2 atom stereocenters. The zero-order valence-electron chi connectivity index (χ0n) is 16.1. The van der Waals surface area contributed by atoms with Crippen LogP contribution in [0.15, 0.2) is 30.6 Å². The lowest BCUT2D eigenvalue weighted by Crippen LogP contribution is -2.56. The monoisotopic (exact) mass is 452 g/mol. The largest absolute Gasteiger partial charge is 0.419 e. The number of halogens is 5. The van der Waals surface area contributed by atoms with Crippen LogP contribution in [0.4, 0.5) is 22.0 Å². The quantitative estimate of drug-likeness (QED) is 0.556. The zero-order valence-corrected chi connectivity index (χ0v) is 16.1. The molecule has 32 heavy (non-hydrogen) atoms. The Morgan fingerprint density at radius 2 is 1.84 bits per heavy atom. The molecule has 13 heteroatoms. The molecule has 0 saturated carbocycles. The summed E-state index contributed by atoms with van der Waals surface area (Å²) in [6, 6.07) is 1.14. The first kappa shape index (κ1) is 20.4. The number of carbonyl (C=O) groups excluding carboxylic acids is 1. The van der Waals surface area contributed by atoms with Crippen LogP contribution in [0.3, 0.4) is 0 Å². The Morgan fingerprint density at radius 1 is 1.09 bits per heavy atom. The fourth-order valence-electron chi connectivity index (χ4n) is 3.98. The van der Waals surface area contributed by atoms with Gasteiger partial charge in [-0.15, -0.1) is 10.2 Å². The van der Waals surface area contributed by atoms with Gasteiger partial charge < -0.3 is 14.2 Å². The number of hydrogen-bond donors (Lipinski definition) is 0. The molecule has 2 aromatic heterocycles. The second-order valence-corrected chi connectivity index (χ2v) is 7.30. The predicted octanol–water partition coefficient (Wildman–Crippen LogP) is 2.63. The number of fused-ring (bicyclic) bond motifs is 4. The highest BCUT2D eigenvalue weighted by atomic mass is 19.4. The third kappa shape index (κ3) is 3.20. The highest BCUT2D eigenvalue weighted by Crippen LogP contribution is 2.37. The molecule has 3 aromatic rings. The molecule has 2 aliphatic rings. The molecule has 166 valence electrons. The molecule has 0 spiro atoms. The van der Waals surface area contributed by atoms with Crippen LogP contribution in [-0.2, 0) is 17.5 Å². The van der Waals surface area contributed by atoms with E-state index >= 15 is 0 Å². The van der Waals surface area contributed by atoms with E-state index in [1.165, 1.54) is 4.90 Å². The second kappa shape index (κ2) is 7.29. The summed E-state index contributed by atoms with van der Waals surface area (Å²) in [5.41, 5.74) is -2.20. The van der Waals surface area contributed by atoms with Crippen LogP contribution < -0.4 is 0 Å². The molecule has 1 fully saturated rings. The fourth-order valence-corrected chi connectivity index (χ4v) is 3.98. The predicted molar refractivity (Wildman–Crippen MR) is 95.9 cm³/mol. The fraction of sp³-hybridized carbons (Fsp3) is 0.316. The highest BCUT2D eigenvalue weighted by Gasteiger charge is 2.45. The Balaban J connectivity index is 1.54. The number of aromatic nitrogens is 5. The van der Waals surface area contributed by atoms with Gasteiger partial charge in [0.05, 0.1) is 42.8 Å². The normalized spacial score (nSPS) is 20.2.